The van der Waals surface area contributed by atoms with Gasteiger partial charge in [0.2, 0.25) is 0 Å². The molecule has 1 aliphatic heterocycles. The normalized spacial score (nSPS) is 19.2. The summed E-state index contributed by atoms with van der Waals surface area (Å²) in [5, 5.41) is 9.64. The van der Waals surface area contributed by atoms with E-state index in [4.69, 9.17) is 10.5 Å². The van der Waals surface area contributed by atoms with Crippen LogP contribution in [0.4, 0.5) is 4.79 Å². The summed E-state index contributed by atoms with van der Waals surface area (Å²) in [5.74, 6) is 0.149. The summed E-state index contributed by atoms with van der Waals surface area (Å²) < 4.78 is 5.21. The van der Waals surface area contributed by atoms with Gasteiger partial charge in [0.25, 0.3) is 0 Å². The molecule has 1 amide bonds. The lowest BCUT2D eigenvalue weighted by Crippen LogP contribution is -2.55. The largest absolute Gasteiger partial charge is 0.444 e. The van der Waals surface area contributed by atoms with Crippen molar-refractivity contribution in [3.63, 3.8) is 0 Å². The van der Waals surface area contributed by atoms with Crippen LogP contribution in [-0.2, 0) is 4.74 Å². The van der Waals surface area contributed by atoms with E-state index in [1.54, 1.807) is 4.90 Å². The summed E-state index contributed by atoms with van der Waals surface area (Å²) in [5.41, 5.74) is 4.90. The van der Waals surface area contributed by atoms with E-state index in [1.807, 2.05) is 20.8 Å². The summed E-state index contributed by atoms with van der Waals surface area (Å²) in [4.78, 5) is 13.2. The molecule has 0 spiro atoms. The van der Waals surface area contributed by atoms with Crippen LogP contribution in [0, 0.1) is 5.92 Å². The zero-order valence-electron chi connectivity index (χ0n) is 10.3. The van der Waals surface area contributed by atoms with Gasteiger partial charge in [0, 0.05) is 19.0 Å². The minimum absolute atomic E-state index is 0.149. The fraction of sp³-hybridized carbons (Fsp3) is 0.909. The molecule has 0 saturated carbocycles. The molecule has 1 heterocycles. The molecule has 1 aliphatic rings. The van der Waals surface area contributed by atoms with Crippen molar-refractivity contribution in [2.24, 2.45) is 11.7 Å². The van der Waals surface area contributed by atoms with Crippen molar-refractivity contribution in [2.45, 2.75) is 38.9 Å². The number of aliphatic hydroxyl groups is 1. The smallest absolute Gasteiger partial charge is 0.410 e. The van der Waals surface area contributed by atoms with Gasteiger partial charge in [0.05, 0.1) is 6.10 Å². The van der Waals surface area contributed by atoms with Gasteiger partial charge in [-0.3, -0.25) is 0 Å². The molecule has 3 N–H and O–H groups in total. The molecule has 0 aromatic rings. The molecule has 0 aliphatic carbocycles. The SMILES string of the molecule is CC(C)(C)OC(=O)N1CC([C@H](O)CCN)C1. The van der Waals surface area contributed by atoms with E-state index in [0.29, 0.717) is 26.1 Å². The summed E-state index contributed by atoms with van der Waals surface area (Å²) in [6, 6.07) is 0. The monoisotopic (exact) mass is 230 g/mol. The highest BCUT2D eigenvalue weighted by Crippen LogP contribution is 2.23. The highest BCUT2D eigenvalue weighted by Gasteiger charge is 2.37. The Balaban J connectivity index is 2.28. The van der Waals surface area contributed by atoms with Crippen molar-refractivity contribution >= 4 is 6.09 Å². The van der Waals surface area contributed by atoms with Crippen LogP contribution in [0.15, 0.2) is 0 Å². The van der Waals surface area contributed by atoms with Crippen molar-refractivity contribution in [3.05, 3.63) is 0 Å². The second-order valence-corrected chi connectivity index (χ2v) is 5.29. The van der Waals surface area contributed by atoms with Gasteiger partial charge in [-0.05, 0) is 33.7 Å². The Bertz CT molecular complexity index is 244. The fourth-order valence-electron chi connectivity index (χ4n) is 1.64. The van der Waals surface area contributed by atoms with E-state index in [9.17, 15) is 9.90 Å². The number of carbonyl (C=O) groups excluding carboxylic acids is 1. The maximum atomic E-state index is 11.6. The van der Waals surface area contributed by atoms with Crippen molar-refractivity contribution in [2.75, 3.05) is 19.6 Å². The Morgan fingerprint density at radius 3 is 2.56 bits per heavy atom. The van der Waals surface area contributed by atoms with E-state index in [-0.39, 0.29) is 12.0 Å². The quantitative estimate of drug-likeness (QED) is 0.743. The molecule has 5 nitrogen and oxygen atoms in total. The van der Waals surface area contributed by atoms with Gasteiger partial charge < -0.3 is 20.5 Å². The lowest BCUT2D eigenvalue weighted by Gasteiger charge is -2.41. The number of amides is 1. The van der Waals surface area contributed by atoms with Gasteiger partial charge in [-0.15, -0.1) is 0 Å². The van der Waals surface area contributed by atoms with E-state index >= 15 is 0 Å². The first kappa shape index (κ1) is 13.3. The summed E-state index contributed by atoms with van der Waals surface area (Å²) >= 11 is 0. The molecule has 16 heavy (non-hydrogen) atoms. The Morgan fingerprint density at radius 1 is 1.56 bits per heavy atom. The molecule has 1 atom stereocenters. The predicted octanol–water partition coefficient (Wildman–Crippen LogP) is 0.563. The molecule has 1 saturated heterocycles. The lowest BCUT2D eigenvalue weighted by molar-refractivity contribution is -0.0316. The molecule has 1 fully saturated rings. The van der Waals surface area contributed by atoms with Crippen LogP contribution in [0.5, 0.6) is 0 Å². The van der Waals surface area contributed by atoms with Crippen LogP contribution in [0.1, 0.15) is 27.2 Å². The molecular weight excluding hydrogens is 208 g/mol. The minimum Gasteiger partial charge on any atom is -0.444 e. The Kier molecular flexibility index (Phi) is 4.15. The number of rotatable bonds is 3. The number of likely N-dealkylation sites (tertiary alicyclic amines) is 1. The van der Waals surface area contributed by atoms with Crippen molar-refractivity contribution < 1.29 is 14.6 Å². The average molecular weight is 230 g/mol. The van der Waals surface area contributed by atoms with Crippen LogP contribution in [-0.4, -0.2) is 47.4 Å². The zero-order chi connectivity index (χ0) is 12.3. The third-order valence-corrected chi connectivity index (χ3v) is 2.57. The second kappa shape index (κ2) is 5.01. The molecule has 5 heteroatoms. The standard InChI is InChI=1S/C11H22N2O3/c1-11(2,3)16-10(15)13-6-8(7-13)9(14)4-5-12/h8-9,14H,4-7,12H2,1-3H3/t9-/m1/s1. The van der Waals surface area contributed by atoms with Gasteiger partial charge in [-0.2, -0.15) is 0 Å². The van der Waals surface area contributed by atoms with Crippen molar-refractivity contribution in [1.29, 1.82) is 0 Å². The number of hydrogen-bond acceptors (Lipinski definition) is 4. The molecule has 1 rings (SSSR count). The van der Waals surface area contributed by atoms with Gasteiger partial charge in [-0.1, -0.05) is 0 Å². The van der Waals surface area contributed by atoms with Crippen molar-refractivity contribution in [3.8, 4) is 0 Å². The highest BCUT2D eigenvalue weighted by molar-refractivity contribution is 5.69. The summed E-state index contributed by atoms with van der Waals surface area (Å²) in [6.45, 7) is 7.12. The Labute approximate surface area is 96.6 Å². The topological polar surface area (TPSA) is 75.8 Å². The first-order chi connectivity index (χ1) is 7.33. The number of ether oxygens (including phenoxy) is 1. The predicted molar refractivity (Wildman–Crippen MR) is 61.0 cm³/mol. The van der Waals surface area contributed by atoms with Crippen LogP contribution in [0.3, 0.4) is 0 Å². The minimum atomic E-state index is -0.460. The molecule has 0 unspecified atom stereocenters. The van der Waals surface area contributed by atoms with Crippen LogP contribution in [0.25, 0.3) is 0 Å². The highest BCUT2D eigenvalue weighted by atomic mass is 16.6. The molecule has 0 aromatic carbocycles. The number of nitrogens with two attached hydrogens (primary N) is 1. The number of carbonyl (C=O) groups is 1. The summed E-state index contributed by atoms with van der Waals surface area (Å²) in [7, 11) is 0. The fourth-order valence-corrected chi connectivity index (χ4v) is 1.64. The van der Waals surface area contributed by atoms with Gasteiger partial charge in [-0.25, -0.2) is 4.79 Å². The van der Waals surface area contributed by atoms with Gasteiger partial charge >= 0.3 is 6.09 Å². The van der Waals surface area contributed by atoms with Crippen molar-refractivity contribution in [1.82, 2.24) is 4.90 Å². The van der Waals surface area contributed by atoms with E-state index in [1.165, 1.54) is 0 Å². The Hall–Kier alpha value is -0.810. The van der Waals surface area contributed by atoms with E-state index in [0.717, 1.165) is 0 Å². The lowest BCUT2D eigenvalue weighted by atomic mass is 9.92. The average Bonchev–Trinajstić information content (AvgIpc) is 1.97. The zero-order valence-corrected chi connectivity index (χ0v) is 10.3. The van der Waals surface area contributed by atoms with Crippen LogP contribution in [0.2, 0.25) is 0 Å². The third kappa shape index (κ3) is 3.64. The molecular formula is C11H22N2O3. The summed E-state index contributed by atoms with van der Waals surface area (Å²) in [6.07, 6.45) is -0.111. The number of hydrogen-bond donors (Lipinski definition) is 2. The first-order valence-electron chi connectivity index (χ1n) is 5.69. The van der Waals surface area contributed by atoms with Crippen LogP contribution >= 0.6 is 0 Å². The van der Waals surface area contributed by atoms with Gasteiger partial charge in [0.1, 0.15) is 5.60 Å². The number of aliphatic hydroxyl groups excluding tert-OH is 1. The maximum Gasteiger partial charge on any atom is 0.410 e. The van der Waals surface area contributed by atoms with Crippen LogP contribution < -0.4 is 5.73 Å². The van der Waals surface area contributed by atoms with E-state index < -0.39 is 11.7 Å². The Morgan fingerprint density at radius 2 is 2.12 bits per heavy atom. The van der Waals surface area contributed by atoms with Gasteiger partial charge in [0.15, 0.2) is 0 Å². The molecule has 0 bridgehead atoms. The third-order valence-electron chi connectivity index (χ3n) is 2.57. The maximum absolute atomic E-state index is 11.6. The molecule has 94 valence electrons. The second-order valence-electron chi connectivity index (χ2n) is 5.29. The number of nitrogens with zero attached hydrogens (tertiary/aromatic N) is 1. The first-order valence-corrected chi connectivity index (χ1v) is 5.69. The molecule has 0 radical (unpaired) electrons. The van der Waals surface area contributed by atoms with E-state index in [2.05, 4.69) is 0 Å². The molecule has 0 aromatic heterocycles.